The molecule has 2 N–H and O–H groups in total. The Hall–Kier alpha value is -3.96. The number of carboxylic acids is 1. The minimum atomic E-state index is -5.08. The summed E-state index contributed by atoms with van der Waals surface area (Å²) >= 11 is 0. The van der Waals surface area contributed by atoms with Crippen LogP contribution in [0.25, 0.3) is 0 Å². The average molecular weight is 535 g/mol. The minimum absolute atomic E-state index is 0.111. The zero-order chi connectivity index (χ0) is 27.9. The maximum Gasteiger partial charge on any atom is 0.490 e. The Morgan fingerprint density at radius 1 is 1.00 bits per heavy atom. The number of rotatable bonds is 5. The molecule has 0 radical (unpaired) electrons. The van der Waals surface area contributed by atoms with E-state index in [0.29, 0.717) is 38.0 Å². The van der Waals surface area contributed by atoms with E-state index < -0.39 is 24.2 Å². The molecule has 2 atom stereocenters. The fraction of sp³-hybridized carbons (Fsp3) is 0.423. The summed E-state index contributed by atoms with van der Waals surface area (Å²) in [6, 6.07) is 10.2. The Kier molecular flexibility index (Phi) is 9.43. The van der Waals surface area contributed by atoms with E-state index in [1.165, 1.54) is 0 Å². The molecule has 3 heterocycles. The fourth-order valence-electron chi connectivity index (χ4n) is 4.51. The van der Waals surface area contributed by atoms with Gasteiger partial charge in [-0.1, -0.05) is 17.7 Å². The molecule has 2 aliphatic rings. The van der Waals surface area contributed by atoms with Gasteiger partial charge >= 0.3 is 12.1 Å². The summed E-state index contributed by atoms with van der Waals surface area (Å²) in [5.41, 5.74) is 2.58. The second-order valence-electron chi connectivity index (χ2n) is 9.09. The second-order valence-corrected chi connectivity index (χ2v) is 9.09. The normalized spacial score (nSPS) is 18.9. The number of carbonyl (C=O) groups is 4. The van der Waals surface area contributed by atoms with E-state index in [0.717, 1.165) is 24.0 Å². The van der Waals surface area contributed by atoms with Crippen molar-refractivity contribution in [1.29, 1.82) is 0 Å². The molecule has 204 valence electrons. The lowest BCUT2D eigenvalue weighted by atomic mass is 10.1. The van der Waals surface area contributed by atoms with Crippen LogP contribution < -0.4 is 5.32 Å². The molecule has 0 aliphatic carbocycles. The maximum atomic E-state index is 13.4. The first kappa shape index (κ1) is 28.6. The number of likely N-dealkylation sites (tertiary alicyclic amines) is 2. The number of carboxylic acid groups (broad SMARTS) is 1. The number of aromatic nitrogens is 1. The number of benzene rings is 1. The first-order chi connectivity index (χ1) is 18.0. The quantitative estimate of drug-likeness (QED) is 0.609. The van der Waals surface area contributed by atoms with Crippen LogP contribution in [0.15, 0.2) is 48.8 Å². The number of alkyl halides is 3. The van der Waals surface area contributed by atoms with Crippen LogP contribution >= 0.6 is 0 Å². The van der Waals surface area contributed by atoms with Crippen molar-refractivity contribution in [2.75, 3.05) is 13.1 Å². The van der Waals surface area contributed by atoms with Crippen molar-refractivity contribution >= 4 is 23.7 Å². The topological polar surface area (TPSA) is 120 Å². The molecule has 2 fully saturated rings. The number of hydrogen-bond donors (Lipinski definition) is 2. The van der Waals surface area contributed by atoms with E-state index in [1.54, 1.807) is 28.3 Å². The van der Waals surface area contributed by atoms with Gasteiger partial charge in [0.2, 0.25) is 11.8 Å². The molecule has 0 spiro atoms. The minimum Gasteiger partial charge on any atom is -0.475 e. The third-order valence-corrected chi connectivity index (χ3v) is 6.36. The Morgan fingerprint density at radius 2 is 1.61 bits per heavy atom. The summed E-state index contributed by atoms with van der Waals surface area (Å²) < 4.78 is 31.7. The molecular weight excluding hydrogens is 505 g/mol. The number of hydrogen-bond acceptors (Lipinski definition) is 5. The molecule has 1 aromatic carbocycles. The van der Waals surface area contributed by atoms with E-state index in [1.807, 2.05) is 37.3 Å². The van der Waals surface area contributed by atoms with Gasteiger partial charge in [-0.05, 0) is 62.4 Å². The first-order valence-electron chi connectivity index (χ1n) is 12.1. The van der Waals surface area contributed by atoms with Crippen molar-refractivity contribution in [3.63, 3.8) is 0 Å². The van der Waals surface area contributed by atoms with Crippen LogP contribution in [0.1, 0.15) is 47.2 Å². The SMILES string of the molecule is Cc1cccc(C(=O)N2CCC[C@H]2C(=O)N2CCC[C@H]2C(=O)NCc2ccncc2)c1.O=C(O)C(F)(F)F. The predicted octanol–water partition coefficient (Wildman–Crippen LogP) is 2.94. The lowest BCUT2D eigenvalue weighted by molar-refractivity contribution is -0.192. The highest BCUT2D eigenvalue weighted by atomic mass is 19.4. The zero-order valence-corrected chi connectivity index (χ0v) is 20.8. The van der Waals surface area contributed by atoms with Gasteiger partial charge in [0.15, 0.2) is 0 Å². The first-order valence-corrected chi connectivity index (χ1v) is 12.1. The summed E-state index contributed by atoms with van der Waals surface area (Å²) in [6.45, 7) is 3.47. The average Bonchev–Trinajstić information content (AvgIpc) is 3.57. The van der Waals surface area contributed by atoms with E-state index in [4.69, 9.17) is 9.90 Å². The van der Waals surface area contributed by atoms with E-state index in [9.17, 15) is 27.6 Å². The molecule has 0 bridgehead atoms. The number of aliphatic carboxylic acids is 1. The molecule has 12 heteroatoms. The Morgan fingerprint density at radius 3 is 2.21 bits per heavy atom. The zero-order valence-electron chi connectivity index (χ0n) is 20.8. The highest BCUT2D eigenvalue weighted by Gasteiger charge is 2.42. The molecule has 2 aromatic rings. The van der Waals surface area contributed by atoms with Gasteiger partial charge in [-0.3, -0.25) is 19.4 Å². The smallest absolute Gasteiger partial charge is 0.475 e. The van der Waals surface area contributed by atoms with Crippen LogP contribution in [0.3, 0.4) is 0 Å². The summed E-state index contributed by atoms with van der Waals surface area (Å²) in [5.74, 6) is -3.12. The number of halogens is 3. The van der Waals surface area contributed by atoms with Crippen LogP contribution in [-0.4, -0.2) is 74.9 Å². The van der Waals surface area contributed by atoms with Gasteiger partial charge < -0.3 is 20.2 Å². The highest BCUT2D eigenvalue weighted by Crippen LogP contribution is 2.26. The highest BCUT2D eigenvalue weighted by molar-refractivity contribution is 5.99. The van der Waals surface area contributed by atoms with E-state index >= 15 is 0 Å². The largest absolute Gasteiger partial charge is 0.490 e. The molecule has 1 aromatic heterocycles. The van der Waals surface area contributed by atoms with Crippen molar-refractivity contribution in [2.24, 2.45) is 0 Å². The third-order valence-electron chi connectivity index (χ3n) is 6.36. The number of amides is 3. The standard InChI is InChI=1S/C24H28N4O3.C2HF3O2/c1-17-5-2-6-19(15-17)23(30)28-14-4-8-21(28)24(31)27-13-3-7-20(27)22(29)26-16-18-9-11-25-12-10-18;3-2(4,5)1(6)7/h2,5-6,9-12,15,20-21H,3-4,7-8,13-14,16H2,1H3,(H,26,29);(H,6,7)/t20-,21-;/m0./s1. The molecule has 0 saturated carbocycles. The van der Waals surface area contributed by atoms with Gasteiger partial charge in [0.25, 0.3) is 5.91 Å². The van der Waals surface area contributed by atoms with Gasteiger partial charge in [-0.25, -0.2) is 4.79 Å². The van der Waals surface area contributed by atoms with Gasteiger partial charge in [0.05, 0.1) is 0 Å². The molecule has 2 aliphatic heterocycles. The number of nitrogens with zero attached hydrogens (tertiary/aromatic N) is 3. The maximum absolute atomic E-state index is 13.4. The van der Waals surface area contributed by atoms with Crippen molar-refractivity contribution in [3.8, 4) is 0 Å². The number of nitrogens with one attached hydrogen (secondary N) is 1. The molecular formula is C26H29F3N4O5. The number of carbonyl (C=O) groups excluding carboxylic acids is 3. The molecule has 38 heavy (non-hydrogen) atoms. The Labute approximate surface area is 217 Å². The Bertz CT molecular complexity index is 1160. The van der Waals surface area contributed by atoms with Crippen LogP contribution in [0, 0.1) is 6.92 Å². The molecule has 2 saturated heterocycles. The van der Waals surface area contributed by atoms with Crippen LogP contribution in [0.4, 0.5) is 13.2 Å². The number of pyridine rings is 1. The van der Waals surface area contributed by atoms with Crippen molar-refractivity contribution in [2.45, 2.75) is 57.4 Å². The number of aryl methyl sites for hydroxylation is 1. The van der Waals surface area contributed by atoms with Crippen molar-refractivity contribution in [1.82, 2.24) is 20.1 Å². The Balaban J connectivity index is 0.000000505. The summed E-state index contributed by atoms with van der Waals surface area (Å²) in [5, 5.41) is 10.1. The molecule has 9 nitrogen and oxygen atoms in total. The fourth-order valence-corrected chi connectivity index (χ4v) is 4.51. The second kappa shape index (κ2) is 12.5. The lowest BCUT2D eigenvalue weighted by Gasteiger charge is -2.31. The summed E-state index contributed by atoms with van der Waals surface area (Å²) in [4.78, 5) is 55.5. The molecule has 0 unspecified atom stereocenters. The van der Waals surface area contributed by atoms with Crippen LogP contribution in [0.2, 0.25) is 0 Å². The third kappa shape index (κ3) is 7.30. The van der Waals surface area contributed by atoms with Gasteiger partial charge in [0.1, 0.15) is 12.1 Å². The van der Waals surface area contributed by atoms with E-state index in [-0.39, 0.29) is 17.7 Å². The van der Waals surface area contributed by atoms with Crippen molar-refractivity contribution in [3.05, 3.63) is 65.5 Å². The summed E-state index contributed by atoms with van der Waals surface area (Å²) in [6.07, 6.45) is 1.16. The molecule has 4 rings (SSSR count). The van der Waals surface area contributed by atoms with Gasteiger partial charge in [0, 0.05) is 37.6 Å². The monoisotopic (exact) mass is 534 g/mol. The van der Waals surface area contributed by atoms with Crippen LogP contribution in [-0.2, 0) is 20.9 Å². The van der Waals surface area contributed by atoms with Crippen LogP contribution in [0.5, 0.6) is 0 Å². The lowest BCUT2D eigenvalue weighted by Crippen LogP contribution is -2.52. The molecule has 3 amide bonds. The van der Waals surface area contributed by atoms with Gasteiger partial charge in [-0.15, -0.1) is 0 Å². The van der Waals surface area contributed by atoms with Gasteiger partial charge in [-0.2, -0.15) is 13.2 Å². The predicted molar refractivity (Wildman–Crippen MR) is 130 cm³/mol. The summed E-state index contributed by atoms with van der Waals surface area (Å²) in [7, 11) is 0. The van der Waals surface area contributed by atoms with E-state index in [2.05, 4.69) is 10.3 Å². The van der Waals surface area contributed by atoms with Crippen molar-refractivity contribution < 1.29 is 37.5 Å².